The maximum atomic E-state index is 13.2. The van der Waals surface area contributed by atoms with E-state index in [0.717, 1.165) is 41.3 Å². The first-order valence-corrected chi connectivity index (χ1v) is 14.2. The van der Waals surface area contributed by atoms with E-state index < -0.39 is 12.0 Å². The summed E-state index contributed by atoms with van der Waals surface area (Å²) < 4.78 is 0. The number of nitrogens with one attached hydrogen (secondary N) is 1. The van der Waals surface area contributed by atoms with Gasteiger partial charge in [-0.3, -0.25) is 4.79 Å². The van der Waals surface area contributed by atoms with Crippen LogP contribution < -0.4 is 24.2 Å². The van der Waals surface area contributed by atoms with Crippen LogP contribution in [0.15, 0.2) is 42.5 Å². The summed E-state index contributed by atoms with van der Waals surface area (Å²) in [5.41, 5.74) is 4.61. The number of amides is 1. The van der Waals surface area contributed by atoms with E-state index in [2.05, 4.69) is 23.3 Å². The summed E-state index contributed by atoms with van der Waals surface area (Å²) >= 11 is 1.57. The summed E-state index contributed by atoms with van der Waals surface area (Å²) in [5, 5.41) is 12.3. The largest absolute Gasteiger partial charge is 1.00 e. The predicted molar refractivity (Wildman–Crippen MR) is 147 cm³/mol. The molecule has 0 bridgehead atoms. The van der Waals surface area contributed by atoms with Gasteiger partial charge < -0.3 is 16.7 Å². The smallest absolute Gasteiger partial charge is 1.00 e. The molecule has 0 aliphatic heterocycles. The molecule has 1 aliphatic carbocycles. The van der Waals surface area contributed by atoms with Gasteiger partial charge in [-0.25, -0.2) is 4.79 Å². The van der Waals surface area contributed by atoms with Gasteiger partial charge in [0, 0.05) is 12.1 Å². The van der Waals surface area contributed by atoms with Crippen molar-refractivity contribution in [2.75, 3.05) is 25.6 Å². The van der Waals surface area contributed by atoms with Gasteiger partial charge in [0.25, 0.3) is 5.91 Å². The van der Waals surface area contributed by atoms with Gasteiger partial charge >= 0.3 is 24.8 Å². The minimum Gasteiger partial charge on any atom is -1.00 e. The van der Waals surface area contributed by atoms with Crippen LogP contribution in [0, 0.1) is 12.8 Å². The van der Waals surface area contributed by atoms with Crippen molar-refractivity contribution in [2.45, 2.75) is 64.5 Å². The van der Waals surface area contributed by atoms with Crippen LogP contribution in [0.2, 0.25) is 0 Å². The third kappa shape index (κ3) is 8.99. The number of carbonyl (C=O) groups is 2. The average molecular weight is 505 g/mol. The molecule has 1 aliphatic rings. The zero-order chi connectivity index (χ0) is 25.2. The van der Waals surface area contributed by atoms with Crippen LogP contribution >= 0.6 is 11.8 Å². The average Bonchev–Trinajstić information content (AvgIpc) is 2.86. The van der Waals surface area contributed by atoms with Crippen LogP contribution in [0.1, 0.15) is 67.9 Å². The number of nitrogens with zero attached hydrogens (tertiary/aromatic N) is 1. The molecule has 0 spiro atoms. The fraction of sp³-hybridized carbons (Fsp3) is 0.517. The molecular weight excluding hydrogens is 463 g/mol. The van der Waals surface area contributed by atoms with E-state index in [1.165, 1.54) is 38.5 Å². The maximum absolute atomic E-state index is 13.2. The van der Waals surface area contributed by atoms with Crippen molar-refractivity contribution in [3.63, 3.8) is 0 Å². The molecule has 3 rings (SSSR count). The number of carboxylic acids is 1. The first-order valence-electron chi connectivity index (χ1n) is 12.8. The Morgan fingerprint density at radius 1 is 1.14 bits per heavy atom. The summed E-state index contributed by atoms with van der Waals surface area (Å²) in [6.45, 7) is 3.93. The number of benzene rings is 2. The molecule has 1 amide bonds. The van der Waals surface area contributed by atoms with E-state index in [4.69, 9.17) is 0 Å². The van der Waals surface area contributed by atoms with Crippen molar-refractivity contribution in [3.05, 3.63) is 59.2 Å². The first-order chi connectivity index (χ1) is 16.9. The summed E-state index contributed by atoms with van der Waals surface area (Å²) in [7, 11) is 2.17. The normalized spacial score (nSPS) is 14.8. The molecule has 0 heterocycles. The van der Waals surface area contributed by atoms with Gasteiger partial charge in [-0.1, -0.05) is 62.4 Å². The van der Waals surface area contributed by atoms with E-state index in [-0.39, 0.29) is 26.2 Å². The van der Waals surface area contributed by atoms with Gasteiger partial charge in [0.15, 0.2) is 0 Å². The molecule has 1 unspecified atom stereocenters. The number of rotatable bonds is 12. The van der Waals surface area contributed by atoms with Gasteiger partial charge in [0.05, 0.1) is 0 Å². The Balaban J connectivity index is 0.00000342. The van der Waals surface area contributed by atoms with E-state index in [0.29, 0.717) is 17.7 Å². The van der Waals surface area contributed by atoms with E-state index in [1.807, 2.05) is 49.6 Å². The van der Waals surface area contributed by atoms with Crippen LogP contribution in [-0.4, -0.2) is 53.5 Å². The Bertz CT molecular complexity index is 1000. The molecule has 192 valence electrons. The second-order valence-electron chi connectivity index (χ2n) is 9.87. The Morgan fingerprint density at radius 2 is 1.86 bits per heavy atom. The van der Waals surface area contributed by atoms with Crippen LogP contribution in [0.5, 0.6) is 0 Å². The van der Waals surface area contributed by atoms with E-state index in [9.17, 15) is 14.7 Å². The number of carboxylic acid groups (broad SMARTS) is 1. The van der Waals surface area contributed by atoms with Gasteiger partial charge in [-0.15, -0.1) is 0 Å². The quantitative estimate of drug-likeness (QED) is 0.435. The van der Waals surface area contributed by atoms with Gasteiger partial charge in [-0.05, 0) is 85.7 Å². The summed E-state index contributed by atoms with van der Waals surface area (Å²) in [6.07, 6.45) is 10.4. The third-order valence-electron chi connectivity index (χ3n) is 7.07. The second kappa shape index (κ2) is 15.5. The van der Waals surface area contributed by atoms with Crippen LogP contribution in [0.4, 0.5) is 0 Å². The number of hydrogen-bond acceptors (Lipinski definition) is 4. The van der Waals surface area contributed by atoms with Crippen molar-refractivity contribution in [3.8, 4) is 11.1 Å². The molecule has 36 heavy (non-hydrogen) atoms. The molecule has 0 aromatic heterocycles. The minimum atomic E-state index is -0.999. The van der Waals surface area contributed by atoms with Gasteiger partial charge in [0.1, 0.15) is 6.04 Å². The molecule has 5 nitrogen and oxygen atoms in total. The number of aryl methyl sites for hydroxylation is 1. The Morgan fingerprint density at radius 3 is 2.53 bits per heavy atom. The minimum absolute atomic E-state index is 0. The van der Waals surface area contributed by atoms with Crippen LogP contribution in [0.25, 0.3) is 11.1 Å². The van der Waals surface area contributed by atoms with E-state index in [1.54, 1.807) is 11.8 Å². The van der Waals surface area contributed by atoms with Crippen molar-refractivity contribution < 1.29 is 35.0 Å². The first kappa shape index (κ1) is 30.5. The van der Waals surface area contributed by atoms with Crippen molar-refractivity contribution >= 4 is 23.6 Å². The second-order valence-corrected chi connectivity index (χ2v) is 10.9. The van der Waals surface area contributed by atoms with Crippen LogP contribution in [0.3, 0.4) is 0 Å². The molecule has 1 atom stereocenters. The topological polar surface area (TPSA) is 69.6 Å². The zero-order valence-corrected chi connectivity index (χ0v) is 23.2. The number of hydrogen-bond donors (Lipinski definition) is 2. The molecule has 7 heteroatoms. The fourth-order valence-electron chi connectivity index (χ4n) is 4.98. The summed E-state index contributed by atoms with van der Waals surface area (Å²) in [5.74, 6) is 0.191. The molecule has 1 saturated carbocycles. The summed E-state index contributed by atoms with van der Waals surface area (Å²) in [4.78, 5) is 27.3. The predicted octanol–water partition coefficient (Wildman–Crippen LogP) is 3.12. The molecule has 2 N–H and O–H groups in total. The molecule has 0 saturated heterocycles. The third-order valence-corrected chi connectivity index (χ3v) is 7.72. The SMILES string of the molecule is CSCCC(NC(=O)c1ccc(CN(C)CCC2CCCCC2)cc1-c1ccccc1C)C(=O)O.[H-].[Li+]. The summed E-state index contributed by atoms with van der Waals surface area (Å²) in [6, 6.07) is 13.1. The van der Waals surface area contributed by atoms with E-state index >= 15 is 0 Å². The molecule has 2 aromatic carbocycles. The standard InChI is InChI=1S/C29H40N2O3S.Li.H/c1-21-9-7-8-12-24(21)26-19-23(20-31(2)17-15-22-10-5-4-6-11-22)13-14-25(26)28(32)30-27(29(33)34)16-18-35-3;;/h7-9,12-14,19,22,27H,4-6,10-11,15-18,20H2,1-3H3,(H,30,32)(H,33,34);;/q;+1;-1. The fourth-order valence-corrected chi connectivity index (χ4v) is 5.46. The number of carbonyl (C=O) groups excluding carboxylic acids is 1. The molecular formula is C29H41LiN2O3S. The van der Waals surface area contributed by atoms with Crippen molar-refractivity contribution in [1.82, 2.24) is 10.2 Å². The van der Waals surface area contributed by atoms with Gasteiger partial charge in [-0.2, -0.15) is 11.8 Å². The number of thioether (sulfide) groups is 1. The van der Waals surface area contributed by atoms with Crippen LogP contribution in [-0.2, 0) is 11.3 Å². The Labute approximate surface area is 234 Å². The Hall–Kier alpha value is -1.71. The monoisotopic (exact) mass is 504 g/mol. The number of aliphatic carboxylic acids is 1. The molecule has 0 radical (unpaired) electrons. The maximum Gasteiger partial charge on any atom is 1.00 e. The van der Waals surface area contributed by atoms with Crippen molar-refractivity contribution in [1.29, 1.82) is 0 Å². The zero-order valence-electron chi connectivity index (χ0n) is 23.4. The Kier molecular flexibility index (Phi) is 13.2. The van der Waals surface area contributed by atoms with Gasteiger partial charge in [0.2, 0.25) is 0 Å². The molecule has 1 fully saturated rings. The van der Waals surface area contributed by atoms with Crippen molar-refractivity contribution in [2.24, 2.45) is 5.92 Å². The molecule has 2 aromatic rings.